The summed E-state index contributed by atoms with van der Waals surface area (Å²) >= 11 is 1.47. The molecule has 5 rings (SSSR count). The number of benzene rings is 1. The van der Waals surface area contributed by atoms with Crippen LogP contribution in [0.2, 0.25) is 0 Å². The molecule has 164 valence electrons. The second-order valence-corrected chi connectivity index (χ2v) is 8.74. The predicted octanol–water partition coefficient (Wildman–Crippen LogP) is 3.87. The van der Waals surface area contributed by atoms with Crippen molar-refractivity contribution in [3.63, 3.8) is 0 Å². The van der Waals surface area contributed by atoms with Gasteiger partial charge in [0.1, 0.15) is 11.5 Å². The Morgan fingerprint density at radius 3 is 2.81 bits per heavy atom. The number of halogens is 1. The van der Waals surface area contributed by atoms with E-state index in [2.05, 4.69) is 15.2 Å². The predicted molar refractivity (Wildman–Crippen MR) is 120 cm³/mol. The molecule has 0 amide bonds. The average molecular weight is 452 g/mol. The van der Waals surface area contributed by atoms with Crippen molar-refractivity contribution in [2.45, 2.75) is 43.3 Å². The van der Waals surface area contributed by atoms with Crippen LogP contribution in [0.25, 0.3) is 17.0 Å². The fraction of sp³-hybridized carbons (Fsp3) is 0.304. The molecule has 0 unspecified atom stereocenters. The van der Waals surface area contributed by atoms with Gasteiger partial charge < -0.3 is 4.74 Å². The Bertz CT molecular complexity index is 1310. The Hall–Kier alpha value is -3.04. The maximum Gasteiger partial charge on any atom is 0.258 e. The summed E-state index contributed by atoms with van der Waals surface area (Å²) in [6.07, 6.45) is 2.11. The summed E-state index contributed by atoms with van der Waals surface area (Å²) in [5, 5.41) is 9.48. The van der Waals surface area contributed by atoms with E-state index < -0.39 is 0 Å². The van der Waals surface area contributed by atoms with Crippen molar-refractivity contribution < 1.29 is 9.13 Å². The second-order valence-electron chi connectivity index (χ2n) is 7.79. The standard InChI is InChI=1S/C23H22FN5O2S/c1-15-4-2-6-20-25-18(12-21(30)29(15)20)14-32-23-27-26-22(16-7-9-17(24)10-8-16)28(23)13-19-5-3-11-31-19/h2,4,6-10,12,19H,3,5,11,13-14H2,1H3/t19-/m1/s1. The lowest BCUT2D eigenvalue weighted by atomic mass is 10.2. The molecule has 1 aliphatic rings. The van der Waals surface area contributed by atoms with E-state index in [0.29, 0.717) is 34.6 Å². The van der Waals surface area contributed by atoms with Crippen LogP contribution >= 0.6 is 11.8 Å². The number of hydrogen-bond donors (Lipinski definition) is 0. The largest absolute Gasteiger partial charge is 0.376 e. The summed E-state index contributed by atoms with van der Waals surface area (Å²) in [6.45, 7) is 3.26. The zero-order valence-electron chi connectivity index (χ0n) is 17.6. The van der Waals surface area contributed by atoms with Crippen LogP contribution in [0, 0.1) is 12.7 Å². The number of thioether (sulfide) groups is 1. The van der Waals surface area contributed by atoms with Crippen LogP contribution < -0.4 is 5.56 Å². The Balaban J connectivity index is 1.44. The van der Waals surface area contributed by atoms with Gasteiger partial charge in [0, 0.05) is 29.7 Å². The molecule has 1 saturated heterocycles. The van der Waals surface area contributed by atoms with Gasteiger partial charge in [-0.3, -0.25) is 13.8 Å². The lowest BCUT2D eigenvalue weighted by Crippen LogP contribution is -2.18. The highest BCUT2D eigenvalue weighted by molar-refractivity contribution is 7.98. The molecule has 4 aromatic rings. The van der Waals surface area contributed by atoms with Crippen molar-refractivity contribution in [1.82, 2.24) is 24.1 Å². The second kappa shape index (κ2) is 8.84. The number of fused-ring (bicyclic) bond motifs is 1. The lowest BCUT2D eigenvalue weighted by molar-refractivity contribution is 0.0953. The maximum absolute atomic E-state index is 13.4. The Kier molecular flexibility index (Phi) is 5.75. The zero-order valence-corrected chi connectivity index (χ0v) is 18.4. The number of hydrogen-bond acceptors (Lipinski definition) is 6. The fourth-order valence-corrected chi connectivity index (χ4v) is 4.78. The van der Waals surface area contributed by atoms with Crippen LogP contribution in [0.15, 0.2) is 58.5 Å². The first kappa shape index (κ1) is 20.8. The molecule has 0 radical (unpaired) electrons. The third-order valence-corrected chi connectivity index (χ3v) is 6.51. The van der Waals surface area contributed by atoms with Crippen molar-refractivity contribution in [3.8, 4) is 11.4 Å². The van der Waals surface area contributed by atoms with Crippen LogP contribution in [0.4, 0.5) is 4.39 Å². The number of ether oxygens (including phenoxy) is 1. The molecule has 1 aliphatic heterocycles. The van der Waals surface area contributed by atoms with Crippen molar-refractivity contribution in [1.29, 1.82) is 0 Å². The summed E-state index contributed by atoms with van der Waals surface area (Å²) in [6, 6.07) is 13.4. The van der Waals surface area contributed by atoms with E-state index in [-0.39, 0.29) is 17.5 Å². The molecular formula is C23H22FN5O2S. The van der Waals surface area contributed by atoms with E-state index in [1.165, 1.54) is 23.9 Å². The smallest absolute Gasteiger partial charge is 0.258 e. The van der Waals surface area contributed by atoms with E-state index in [0.717, 1.165) is 30.7 Å². The van der Waals surface area contributed by atoms with Gasteiger partial charge in [0.05, 0.1) is 18.3 Å². The van der Waals surface area contributed by atoms with E-state index in [1.54, 1.807) is 22.6 Å². The summed E-state index contributed by atoms with van der Waals surface area (Å²) < 4.78 is 22.9. The number of aryl methyl sites for hydroxylation is 1. The molecule has 3 aromatic heterocycles. The molecule has 0 spiro atoms. The first-order chi connectivity index (χ1) is 15.6. The minimum Gasteiger partial charge on any atom is -0.376 e. The third kappa shape index (κ3) is 4.18. The van der Waals surface area contributed by atoms with Crippen LogP contribution in [-0.2, 0) is 17.0 Å². The maximum atomic E-state index is 13.4. The van der Waals surface area contributed by atoms with Crippen molar-refractivity contribution in [3.05, 3.63) is 76.1 Å². The lowest BCUT2D eigenvalue weighted by Gasteiger charge is -2.14. The van der Waals surface area contributed by atoms with E-state index in [4.69, 9.17) is 4.74 Å². The highest BCUT2D eigenvalue weighted by atomic mass is 32.2. The van der Waals surface area contributed by atoms with Crippen LogP contribution in [-0.4, -0.2) is 36.9 Å². The molecule has 1 aromatic carbocycles. The van der Waals surface area contributed by atoms with Gasteiger partial charge >= 0.3 is 0 Å². The molecule has 9 heteroatoms. The number of rotatable bonds is 6. The van der Waals surface area contributed by atoms with Gasteiger partial charge in [0.25, 0.3) is 5.56 Å². The van der Waals surface area contributed by atoms with Gasteiger partial charge in [-0.15, -0.1) is 10.2 Å². The summed E-state index contributed by atoms with van der Waals surface area (Å²) in [5.74, 6) is 0.856. The minimum absolute atomic E-state index is 0.0935. The molecule has 1 atom stereocenters. The summed E-state index contributed by atoms with van der Waals surface area (Å²) in [5.41, 5.74) is 2.85. The van der Waals surface area contributed by atoms with E-state index in [9.17, 15) is 9.18 Å². The van der Waals surface area contributed by atoms with E-state index in [1.807, 2.05) is 29.7 Å². The third-order valence-electron chi connectivity index (χ3n) is 5.51. The Morgan fingerprint density at radius 1 is 1.19 bits per heavy atom. The topological polar surface area (TPSA) is 74.3 Å². The fourth-order valence-electron chi connectivity index (χ4n) is 3.94. The molecule has 1 fully saturated rings. The van der Waals surface area contributed by atoms with Crippen LogP contribution in [0.3, 0.4) is 0 Å². The highest BCUT2D eigenvalue weighted by Gasteiger charge is 2.22. The monoisotopic (exact) mass is 451 g/mol. The average Bonchev–Trinajstić information content (AvgIpc) is 3.43. The summed E-state index contributed by atoms with van der Waals surface area (Å²) in [7, 11) is 0. The van der Waals surface area contributed by atoms with Gasteiger partial charge in [0.2, 0.25) is 0 Å². The van der Waals surface area contributed by atoms with Crippen molar-refractivity contribution in [2.75, 3.05) is 6.61 Å². The quantitative estimate of drug-likeness (QED) is 0.414. The van der Waals surface area contributed by atoms with Gasteiger partial charge in [-0.2, -0.15) is 0 Å². The summed E-state index contributed by atoms with van der Waals surface area (Å²) in [4.78, 5) is 17.2. The van der Waals surface area contributed by atoms with Gasteiger partial charge in [-0.1, -0.05) is 17.8 Å². The van der Waals surface area contributed by atoms with Gasteiger partial charge in [-0.25, -0.2) is 9.37 Å². The molecule has 32 heavy (non-hydrogen) atoms. The molecule has 0 bridgehead atoms. The molecule has 0 N–H and O–H groups in total. The van der Waals surface area contributed by atoms with E-state index >= 15 is 0 Å². The van der Waals surface area contributed by atoms with Crippen molar-refractivity contribution in [2.24, 2.45) is 0 Å². The highest BCUT2D eigenvalue weighted by Crippen LogP contribution is 2.28. The van der Waals surface area contributed by atoms with Crippen LogP contribution in [0.5, 0.6) is 0 Å². The number of aromatic nitrogens is 5. The Labute approximate surface area is 188 Å². The Morgan fingerprint density at radius 2 is 2.03 bits per heavy atom. The molecule has 7 nitrogen and oxygen atoms in total. The SMILES string of the molecule is Cc1cccc2nc(CSc3nnc(-c4ccc(F)cc4)n3C[C@H]3CCCO3)cc(=O)n12. The van der Waals surface area contributed by atoms with Gasteiger partial charge in [0.15, 0.2) is 11.0 Å². The molecular weight excluding hydrogens is 429 g/mol. The minimum atomic E-state index is -0.294. The zero-order chi connectivity index (χ0) is 22.1. The molecule has 0 saturated carbocycles. The van der Waals surface area contributed by atoms with Crippen molar-refractivity contribution >= 4 is 17.4 Å². The molecule has 0 aliphatic carbocycles. The van der Waals surface area contributed by atoms with Gasteiger partial charge in [-0.05, 0) is 56.2 Å². The first-order valence-electron chi connectivity index (χ1n) is 10.5. The number of nitrogens with zero attached hydrogens (tertiary/aromatic N) is 5. The first-order valence-corrected chi connectivity index (χ1v) is 11.5. The molecule has 4 heterocycles. The number of pyridine rings is 1. The normalized spacial score (nSPS) is 16.1. The van der Waals surface area contributed by atoms with Crippen LogP contribution in [0.1, 0.15) is 24.2 Å².